The number of fused-ring (bicyclic) bond motifs is 2. The van der Waals surface area contributed by atoms with Crippen molar-refractivity contribution < 1.29 is 4.79 Å². The van der Waals surface area contributed by atoms with Crippen LogP contribution in [-0.2, 0) is 0 Å². The number of hydrogen-bond acceptors (Lipinski definition) is 3. The van der Waals surface area contributed by atoms with Crippen LogP contribution < -0.4 is 0 Å². The zero-order valence-corrected chi connectivity index (χ0v) is 14.1. The number of nitrogens with zero attached hydrogens (tertiary/aromatic N) is 2. The van der Waals surface area contributed by atoms with E-state index in [1.807, 2.05) is 77.1 Å². The fourth-order valence-corrected chi connectivity index (χ4v) is 2.06. The molecule has 3 heteroatoms. The van der Waals surface area contributed by atoms with Gasteiger partial charge in [-0.2, -0.15) is 0 Å². The minimum atomic E-state index is 0.102. The quantitative estimate of drug-likeness (QED) is 0.468. The number of hydrogen-bond donors (Lipinski definition) is 0. The van der Waals surface area contributed by atoms with Crippen molar-refractivity contribution in [3.05, 3.63) is 48.0 Å². The maximum Gasteiger partial charge on any atom is 0.164 e. The van der Waals surface area contributed by atoms with E-state index in [-0.39, 0.29) is 5.78 Å². The third kappa shape index (κ3) is 3.67. The maximum absolute atomic E-state index is 11.9. The molecule has 1 aromatic heterocycles. The van der Waals surface area contributed by atoms with Gasteiger partial charge >= 0.3 is 0 Å². The molecule has 0 saturated heterocycles. The summed E-state index contributed by atoms with van der Waals surface area (Å²) in [5.41, 5.74) is 3.80. The summed E-state index contributed by atoms with van der Waals surface area (Å²) >= 11 is 0. The number of rotatable bonds is 2. The lowest BCUT2D eigenvalue weighted by atomic mass is 10.1. The van der Waals surface area contributed by atoms with Crippen LogP contribution in [0.4, 0.5) is 0 Å². The van der Waals surface area contributed by atoms with E-state index in [0.29, 0.717) is 17.5 Å². The summed E-state index contributed by atoms with van der Waals surface area (Å²) in [6, 6.07) is 13.3. The van der Waals surface area contributed by atoms with Crippen molar-refractivity contribution in [3.63, 3.8) is 0 Å². The predicted molar refractivity (Wildman–Crippen MR) is 94.4 cm³/mol. The second-order valence-electron chi connectivity index (χ2n) is 4.16. The molecule has 22 heavy (non-hydrogen) atoms. The molecule has 0 unspecified atom stereocenters. The number of ketones is 1. The fraction of sp³-hybridized carbons (Fsp3) is 0.316. The molecule has 0 N–H and O–H groups in total. The third-order valence-electron chi connectivity index (χ3n) is 2.99. The Hall–Kier alpha value is -2.29. The lowest BCUT2D eigenvalue weighted by molar-refractivity contribution is 0.0989. The standard InChI is InChI=1S/C15H12N2O.2C2H6/c1-2-14(18)10-6-5-9-13-15(10)17-12-8-4-3-7-11(12)16-13;2*1-2/h3-9H,2H2,1H3;2*1-2H3. The molecule has 1 heterocycles. The van der Waals surface area contributed by atoms with E-state index in [9.17, 15) is 4.79 Å². The Kier molecular flexibility index (Phi) is 7.17. The molecule has 3 aromatic rings. The number of aromatic nitrogens is 2. The molecular weight excluding hydrogens is 272 g/mol. The van der Waals surface area contributed by atoms with Gasteiger partial charge in [-0.25, -0.2) is 9.97 Å². The monoisotopic (exact) mass is 296 g/mol. The lowest BCUT2D eigenvalue weighted by Crippen LogP contribution is -2.00. The molecule has 0 fully saturated rings. The van der Waals surface area contributed by atoms with E-state index in [2.05, 4.69) is 9.97 Å². The summed E-state index contributed by atoms with van der Waals surface area (Å²) < 4.78 is 0. The van der Waals surface area contributed by atoms with Crippen LogP contribution >= 0.6 is 0 Å². The molecule has 0 aliphatic carbocycles. The third-order valence-corrected chi connectivity index (χ3v) is 2.99. The molecule has 0 amide bonds. The van der Waals surface area contributed by atoms with Crippen molar-refractivity contribution in [1.82, 2.24) is 9.97 Å². The van der Waals surface area contributed by atoms with E-state index in [4.69, 9.17) is 0 Å². The van der Waals surface area contributed by atoms with Crippen LogP contribution in [0.1, 0.15) is 51.4 Å². The van der Waals surface area contributed by atoms with Gasteiger partial charge in [0, 0.05) is 12.0 Å². The first-order chi connectivity index (χ1) is 10.8. The highest BCUT2D eigenvalue weighted by molar-refractivity contribution is 6.06. The van der Waals surface area contributed by atoms with E-state index in [1.54, 1.807) is 0 Å². The van der Waals surface area contributed by atoms with Gasteiger partial charge in [-0.1, -0.05) is 52.8 Å². The van der Waals surface area contributed by atoms with Gasteiger partial charge in [0.1, 0.15) is 5.52 Å². The number of carbonyl (C=O) groups excluding carboxylic acids is 1. The van der Waals surface area contributed by atoms with Gasteiger partial charge in [0.15, 0.2) is 5.78 Å². The van der Waals surface area contributed by atoms with Crippen molar-refractivity contribution in [3.8, 4) is 0 Å². The Morgan fingerprint density at radius 2 is 1.36 bits per heavy atom. The van der Waals surface area contributed by atoms with Gasteiger partial charge in [0.05, 0.1) is 16.6 Å². The number of para-hydroxylation sites is 3. The average Bonchev–Trinajstić information content (AvgIpc) is 2.62. The van der Waals surface area contributed by atoms with Gasteiger partial charge in [0.2, 0.25) is 0 Å². The van der Waals surface area contributed by atoms with Crippen molar-refractivity contribution in [2.24, 2.45) is 0 Å². The molecular formula is C19H24N2O. The smallest absolute Gasteiger partial charge is 0.164 e. The van der Waals surface area contributed by atoms with Gasteiger partial charge in [-0.15, -0.1) is 0 Å². The summed E-state index contributed by atoms with van der Waals surface area (Å²) in [5, 5.41) is 0. The highest BCUT2D eigenvalue weighted by Gasteiger charge is 2.10. The molecule has 0 bridgehead atoms. The van der Waals surface area contributed by atoms with Crippen molar-refractivity contribution in [1.29, 1.82) is 0 Å². The fourth-order valence-electron chi connectivity index (χ4n) is 2.06. The van der Waals surface area contributed by atoms with E-state index in [0.717, 1.165) is 16.6 Å². The molecule has 0 aliphatic rings. The Labute approximate surface area is 132 Å². The van der Waals surface area contributed by atoms with Crippen molar-refractivity contribution in [2.45, 2.75) is 41.0 Å². The molecule has 116 valence electrons. The van der Waals surface area contributed by atoms with Crippen LogP contribution in [0.15, 0.2) is 42.5 Å². The second kappa shape index (κ2) is 8.88. The lowest BCUT2D eigenvalue weighted by Gasteiger charge is -2.04. The van der Waals surface area contributed by atoms with Crippen molar-refractivity contribution >= 4 is 27.9 Å². The molecule has 3 rings (SSSR count). The summed E-state index contributed by atoms with van der Waals surface area (Å²) in [7, 11) is 0. The van der Waals surface area contributed by atoms with Gasteiger partial charge < -0.3 is 0 Å². The minimum absolute atomic E-state index is 0.102. The first-order valence-corrected chi connectivity index (χ1v) is 7.98. The summed E-state index contributed by atoms with van der Waals surface area (Å²) in [4.78, 5) is 21.0. The molecule has 0 spiro atoms. The summed E-state index contributed by atoms with van der Waals surface area (Å²) in [6.07, 6.45) is 0.480. The minimum Gasteiger partial charge on any atom is -0.294 e. The Morgan fingerprint density at radius 3 is 1.95 bits per heavy atom. The Morgan fingerprint density at radius 1 is 0.818 bits per heavy atom. The van der Waals surface area contributed by atoms with E-state index in [1.165, 1.54) is 0 Å². The largest absolute Gasteiger partial charge is 0.294 e. The normalized spacial score (nSPS) is 9.50. The van der Waals surface area contributed by atoms with Gasteiger partial charge in [0.25, 0.3) is 0 Å². The number of Topliss-reactive ketones (excluding diaryl/α,β-unsaturated/α-hetero) is 1. The molecule has 2 aromatic carbocycles. The van der Waals surface area contributed by atoms with Gasteiger partial charge in [-0.3, -0.25) is 4.79 Å². The first-order valence-electron chi connectivity index (χ1n) is 7.98. The van der Waals surface area contributed by atoms with Crippen LogP contribution in [0.2, 0.25) is 0 Å². The van der Waals surface area contributed by atoms with Crippen LogP contribution in [0.25, 0.3) is 22.1 Å². The highest BCUT2D eigenvalue weighted by Crippen LogP contribution is 2.20. The summed E-state index contributed by atoms with van der Waals surface area (Å²) in [6.45, 7) is 9.86. The Bertz CT molecular complexity index is 751. The number of carbonyl (C=O) groups is 1. The average molecular weight is 296 g/mol. The zero-order valence-electron chi connectivity index (χ0n) is 14.1. The maximum atomic E-state index is 11.9. The van der Waals surface area contributed by atoms with Crippen LogP contribution in [0, 0.1) is 0 Å². The zero-order chi connectivity index (χ0) is 16.5. The van der Waals surface area contributed by atoms with Gasteiger partial charge in [-0.05, 0) is 24.3 Å². The van der Waals surface area contributed by atoms with Crippen LogP contribution in [0.5, 0.6) is 0 Å². The topological polar surface area (TPSA) is 42.9 Å². The number of benzene rings is 2. The molecule has 0 saturated carbocycles. The Balaban J connectivity index is 0.000000561. The molecule has 0 aliphatic heterocycles. The highest BCUT2D eigenvalue weighted by atomic mass is 16.1. The second-order valence-corrected chi connectivity index (χ2v) is 4.16. The van der Waals surface area contributed by atoms with E-state index >= 15 is 0 Å². The SMILES string of the molecule is CC.CC.CCC(=O)c1cccc2nc3ccccc3nc12. The molecule has 3 nitrogen and oxygen atoms in total. The first kappa shape index (κ1) is 17.8. The summed E-state index contributed by atoms with van der Waals surface area (Å²) in [5.74, 6) is 0.102. The molecule has 0 atom stereocenters. The van der Waals surface area contributed by atoms with Crippen molar-refractivity contribution in [2.75, 3.05) is 0 Å². The van der Waals surface area contributed by atoms with Crippen LogP contribution in [0.3, 0.4) is 0 Å². The van der Waals surface area contributed by atoms with E-state index < -0.39 is 0 Å². The molecule has 0 radical (unpaired) electrons. The predicted octanol–water partition coefficient (Wildman–Crippen LogP) is 5.43. The van der Waals surface area contributed by atoms with Crippen LogP contribution in [-0.4, -0.2) is 15.8 Å².